The van der Waals surface area contributed by atoms with Crippen LogP contribution < -0.4 is 14.9 Å². The van der Waals surface area contributed by atoms with E-state index in [9.17, 15) is 4.79 Å². The Hall–Kier alpha value is -3.60. The van der Waals surface area contributed by atoms with Gasteiger partial charge in [0.1, 0.15) is 18.1 Å². The van der Waals surface area contributed by atoms with Gasteiger partial charge < -0.3 is 9.47 Å². The molecule has 3 aromatic carbocycles. The van der Waals surface area contributed by atoms with Gasteiger partial charge in [-0.05, 0) is 73.4 Å². The fourth-order valence-electron chi connectivity index (χ4n) is 2.74. The van der Waals surface area contributed by atoms with Crippen LogP contribution in [0.3, 0.4) is 0 Å². The molecule has 0 saturated heterocycles. The molecule has 5 heteroatoms. The summed E-state index contributed by atoms with van der Waals surface area (Å²) in [7, 11) is 0. The summed E-state index contributed by atoms with van der Waals surface area (Å²) < 4.78 is 11.4. The number of hydrazone groups is 1. The number of nitrogens with one attached hydrogen (secondary N) is 1. The molecule has 30 heavy (non-hydrogen) atoms. The molecule has 0 unspecified atom stereocenters. The fourth-order valence-corrected chi connectivity index (χ4v) is 2.74. The molecular weight excluding hydrogens is 376 g/mol. The van der Waals surface area contributed by atoms with Gasteiger partial charge in [-0.1, -0.05) is 42.0 Å². The highest BCUT2D eigenvalue weighted by Crippen LogP contribution is 2.20. The third kappa shape index (κ3) is 6.21. The van der Waals surface area contributed by atoms with Crippen LogP contribution in [0.4, 0.5) is 0 Å². The molecule has 0 saturated carbocycles. The van der Waals surface area contributed by atoms with E-state index in [0.29, 0.717) is 12.4 Å². The summed E-state index contributed by atoms with van der Waals surface area (Å²) in [4.78, 5) is 11.9. The molecule has 0 radical (unpaired) electrons. The minimum Gasteiger partial charge on any atom is -0.489 e. The Bertz CT molecular complexity index is 1010. The molecule has 0 atom stereocenters. The second kappa shape index (κ2) is 10.3. The van der Waals surface area contributed by atoms with E-state index < -0.39 is 0 Å². The van der Waals surface area contributed by atoms with Gasteiger partial charge in [0, 0.05) is 0 Å². The van der Waals surface area contributed by atoms with Gasteiger partial charge in [-0.15, -0.1) is 0 Å². The number of nitrogens with zero attached hydrogens (tertiary/aromatic N) is 1. The maximum Gasteiger partial charge on any atom is 0.277 e. The van der Waals surface area contributed by atoms with Crippen molar-refractivity contribution in [3.8, 4) is 11.5 Å². The lowest BCUT2D eigenvalue weighted by atomic mass is 10.1. The summed E-state index contributed by atoms with van der Waals surface area (Å²) in [6, 6.07) is 21.5. The lowest BCUT2D eigenvalue weighted by Gasteiger charge is -2.09. The standard InChI is InChI=1S/C25H26N2O3/c1-18-7-9-22(10-8-18)16-29-23-13-11-21(12-14-23)15-26-27-25(28)17-30-24-6-4-5-19(2)20(24)3/h4-15H,16-17H2,1-3H3,(H,27,28)/b26-15+. The molecule has 1 N–H and O–H groups in total. The minimum absolute atomic E-state index is 0.0899. The minimum atomic E-state index is -0.315. The summed E-state index contributed by atoms with van der Waals surface area (Å²) in [6.07, 6.45) is 1.58. The Morgan fingerprint density at radius 2 is 1.67 bits per heavy atom. The molecule has 0 aromatic heterocycles. The third-order valence-corrected chi connectivity index (χ3v) is 4.72. The van der Waals surface area contributed by atoms with E-state index in [1.54, 1.807) is 6.21 Å². The van der Waals surface area contributed by atoms with Crippen molar-refractivity contribution in [3.05, 3.63) is 94.5 Å². The molecule has 0 aliphatic heterocycles. The Morgan fingerprint density at radius 3 is 2.40 bits per heavy atom. The van der Waals surface area contributed by atoms with Gasteiger partial charge in [0.15, 0.2) is 6.61 Å². The van der Waals surface area contributed by atoms with Crippen LogP contribution >= 0.6 is 0 Å². The van der Waals surface area contributed by atoms with Crippen LogP contribution in [0, 0.1) is 20.8 Å². The second-order valence-electron chi connectivity index (χ2n) is 7.12. The van der Waals surface area contributed by atoms with Crippen LogP contribution in [0.15, 0.2) is 71.8 Å². The molecule has 0 bridgehead atoms. The monoisotopic (exact) mass is 402 g/mol. The van der Waals surface area contributed by atoms with Crippen LogP contribution in [0.1, 0.15) is 27.8 Å². The maximum absolute atomic E-state index is 11.9. The first-order valence-corrected chi connectivity index (χ1v) is 9.80. The number of rotatable bonds is 8. The molecule has 5 nitrogen and oxygen atoms in total. The number of hydrogen-bond donors (Lipinski definition) is 1. The Labute approximate surface area is 177 Å². The highest BCUT2D eigenvalue weighted by Gasteiger charge is 2.05. The topological polar surface area (TPSA) is 59.9 Å². The van der Waals surface area contributed by atoms with Crippen LogP contribution in [0.25, 0.3) is 0 Å². The molecular formula is C25H26N2O3. The van der Waals surface area contributed by atoms with Crippen LogP contribution in [0.2, 0.25) is 0 Å². The highest BCUT2D eigenvalue weighted by atomic mass is 16.5. The normalized spacial score (nSPS) is 10.8. The first kappa shape index (κ1) is 21.1. The van der Waals surface area contributed by atoms with Crippen molar-refractivity contribution in [1.82, 2.24) is 5.43 Å². The largest absolute Gasteiger partial charge is 0.489 e. The molecule has 3 aromatic rings. The first-order chi connectivity index (χ1) is 14.5. The van der Waals surface area contributed by atoms with Crippen molar-refractivity contribution in [1.29, 1.82) is 0 Å². The third-order valence-electron chi connectivity index (χ3n) is 4.72. The molecule has 0 aliphatic rings. The van der Waals surface area contributed by atoms with Crippen molar-refractivity contribution in [2.24, 2.45) is 5.10 Å². The van der Waals surface area contributed by atoms with E-state index in [-0.39, 0.29) is 12.5 Å². The zero-order valence-corrected chi connectivity index (χ0v) is 17.5. The molecule has 3 rings (SSSR count). The molecule has 0 fully saturated rings. The van der Waals surface area contributed by atoms with Crippen molar-refractivity contribution in [2.75, 3.05) is 6.61 Å². The number of carbonyl (C=O) groups is 1. The van der Waals surface area contributed by atoms with E-state index >= 15 is 0 Å². The summed E-state index contributed by atoms with van der Waals surface area (Å²) in [6.45, 7) is 6.46. The number of benzene rings is 3. The number of amides is 1. The Morgan fingerprint density at radius 1 is 0.933 bits per heavy atom. The summed E-state index contributed by atoms with van der Waals surface area (Å²) in [5, 5.41) is 3.98. The van der Waals surface area contributed by atoms with Crippen molar-refractivity contribution in [2.45, 2.75) is 27.4 Å². The summed E-state index contributed by atoms with van der Waals surface area (Å²) in [5.41, 5.74) is 7.83. The number of ether oxygens (including phenoxy) is 2. The van der Waals surface area contributed by atoms with E-state index in [2.05, 4.69) is 41.7 Å². The molecule has 0 heterocycles. The van der Waals surface area contributed by atoms with Crippen molar-refractivity contribution in [3.63, 3.8) is 0 Å². The first-order valence-electron chi connectivity index (χ1n) is 9.80. The van der Waals surface area contributed by atoms with Gasteiger partial charge in [0.05, 0.1) is 6.21 Å². The van der Waals surface area contributed by atoms with E-state index in [0.717, 1.165) is 28.0 Å². The number of aryl methyl sites for hydroxylation is 2. The maximum atomic E-state index is 11.9. The van der Waals surface area contributed by atoms with Gasteiger partial charge in [0.2, 0.25) is 0 Å². The van der Waals surface area contributed by atoms with Gasteiger partial charge in [-0.3, -0.25) is 4.79 Å². The summed E-state index contributed by atoms with van der Waals surface area (Å²) >= 11 is 0. The lowest BCUT2D eigenvalue weighted by Crippen LogP contribution is -2.24. The lowest BCUT2D eigenvalue weighted by molar-refractivity contribution is -0.123. The van der Waals surface area contributed by atoms with Crippen LogP contribution in [0.5, 0.6) is 11.5 Å². The number of hydrogen-bond acceptors (Lipinski definition) is 4. The molecule has 154 valence electrons. The number of carbonyl (C=O) groups excluding carboxylic acids is 1. The smallest absolute Gasteiger partial charge is 0.277 e. The Kier molecular flexibility index (Phi) is 7.22. The predicted octanol–water partition coefficient (Wildman–Crippen LogP) is 4.72. The van der Waals surface area contributed by atoms with E-state index in [1.807, 2.05) is 56.3 Å². The highest BCUT2D eigenvalue weighted by molar-refractivity contribution is 5.83. The van der Waals surface area contributed by atoms with Crippen molar-refractivity contribution < 1.29 is 14.3 Å². The molecule has 1 amide bonds. The van der Waals surface area contributed by atoms with Crippen molar-refractivity contribution >= 4 is 12.1 Å². The zero-order chi connectivity index (χ0) is 21.3. The SMILES string of the molecule is Cc1ccc(COc2ccc(/C=N/NC(=O)COc3cccc(C)c3C)cc2)cc1. The van der Waals surface area contributed by atoms with Crippen LogP contribution in [-0.4, -0.2) is 18.7 Å². The van der Waals surface area contributed by atoms with Gasteiger partial charge in [0.25, 0.3) is 5.91 Å². The van der Waals surface area contributed by atoms with E-state index in [1.165, 1.54) is 5.56 Å². The van der Waals surface area contributed by atoms with Gasteiger partial charge in [-0.25, -0.2) is 5.43 Å². The van der Waals surface area contributed by atoms with Gasteiger partial charge in [-0.2, -0.15) is 5.10 Å². The average molecular weight is 402 g/mol. The van der Waals surface area contributed by atoms with Crippen LogP contribution in [-0.2, 0) is 11.4 Å². The Balaban J connectivity index is 1.43. The second-order valence-corrected chi connectivity index (χ2v) is 7.12. The predicted molar refractivity (Wildman–Crippen MR) is 119 cm³/mol. The average Bonchev–Trinajstić information content (AvgIpc) is 2.75. The quantitative estimate of drug-likeness (QED) is 0.438. The van der Waals surface area contributed by atoms with Gasteiger partial charge >= 0.3 is 0 Å². The van der Waals surface area contributed by atoms with E-state index in [4.69, 9.17) is 9.47 Å². The summed E-state index contributed by atoms with van der Waals surface area (Å²) in [5.74, 6) is 1.17. The molecule has 0 aliphatic carbocycles. The zero-order valence-electron chi connectivity index (χ0n) is 17.5. The fraction of sp³-hybridized carbons (Fsp3) is 0.200. The molecule has 0 spiro atoms.